The number of pyridine rings is 1. The highest BCUT2D eigenvalue weighted by atomic mass is 19.1. The van der Waals surface area contributed by atoms with Crippen LogP contribution in [0.3, 0.4) is 0 Å². The van der Waals surface area contributed by atoms with Crippen LogP contribution in [0.4, 0.5) is 10.2 Å². The third-order valence-corrected chi connectivity index (χ3v) is 2.51. The summed E-state index contributed by atoms with van der Waals surface area (Å²) in [7, 11) is 0. The second kappa shape index (κ2) is 3.32. The van der Waals surface area contributed by atoms with E-state index in [4.69, 9.17) is 0 Å². The van der Waals surface area contributed by atoms with Gasteiger partial charge in [0.15, 0.2) is 0 Å². The van der Waals surface area contributed by atoms with Crippen LogP contribution in [0.5, 0.6) is 0 Å². The zero-order valence-corrected chi connectivity index (χ0v) is 7.63. The lowest BCUT2D eigenvalue weighted by atomic mass is 10.3. The van der Waals surface area contributed by atoms with Crippen LogP contribution in [0.15, 0.2) is 18.3 Å². The number of nitrogens with one attached hydrogen (secondary N) is 1. The fourth-order valence-electron chi connectivity index (χ4n) is 1.53. The molecule has 1 aliphatic carbocycles. The predicted molar refractivity (Wildman–Crippen MR) is 50.0 cm³/mol. The molecule has 2 rings (SSSR count). The number of nitrogens with zero attached hydrogens (tertiary/aromatic N) is 1. The van der Waals surface area contributed by atoms with Crippen molar-refractivity contribution in [3.8, 4) is 0 Å². The molecular formula is C10H13FN2. The number of anilines is 1. The number of hydrogen-bond acceptors (Lipinski definition) is 2. The number of aromatic nitrogens is 1. The summed E-state index contributed by atoms with van der Waals surface area (Å²) in [6.45, 7) is 2.18. The maximum atomic E-state index is 12.5. The van der Waals surface area contributed by atoms with Crippen LogP contribution in [0.2, 0.25) is 0 Å². The lowest BCUT2D eigenvalue weighted by Gasteiger charge is -2.02. The molecule has 1 aliphatic rings. The second-order valence-corrected chi connectivity index (χ2v) is 3.52. The van der Waals surface area contributed by atoms with Gasteiger partial charge in [-0.2, -0.15) is 0 Å². The quantitative estimate of drug-likeness (QED) is 0.772. The van der Waals surface area contributed by atoms with E-state index < -0.39 is 0 Å². The van der Waals surface area contributed by atoms with Gasteiger partial charge in [-0.1, -0.05) is 13.3 Å². The molecule has 2 atom stereocenters. The maximum absolute atomic E-state index is 12.5. The summed E-state index contributed by atoms with van der Waals surface area (Å²) in [6, 6.07) is 3.67. The van der Waals surface area contributed by atoms with E-state index in [1.165, 1.54) is 25.1 Å². The van der Waals surface area contributed by atoms with Crippen molar-refractivity contribution in [2.45, 2.75) is 25.8 Å². The molecule has 0 spiro atoms. The van der Waals surface area contributed by atoms with Crippen molar-refractivity contribution in [1.29, 1.82) is 0 Å². The summed E-state index contributed by atoms with van der Waals surface area (Å²) in [4.78, 5) is 3.94. The molecule has 0 amide bonds. The largest absolute Gasteiger partial charge is 0.367 e. The van der Waals surface area contributed by atoms with Gasteiger partial charge in [0.05, 0.1) is 6.20 Å². The van der Waals surface area contributed by atoms with Crippen molar-refractivity contribution in [1.82, 2.24) is 4.98 Å². The lowest BCUT2D eigenvalue weighted by molar-refractivity contribution is 0.621. The smallest absolute Gasteiger partial charge is 0.141 e. The van der Waals surface area contributed by atoms with E-state index in [9.17, 15) is 4.39 Å². The molecule has 1 aromatic rings. The Morgan fingerprint density at radius 2 is 2.46 bits per heavy atom. The molecule has 0 aromatic carbocycles. The van der Waals surface area contributed by atoms with Crippen LogP contribution in [0.1, 0.15) is 19.8 Å². The minimum Gasteiger partial charge on any atom is -0.367 e. The summed E-state index contributed by atoms with van der Waals surface area (Å²) in [5, 5.41) is 3.27. The maximum Gasteiger partial charge on any atom is 0.141 e. The van der Waals surface area contributed by atoms with Gasteiger partial charge in [-0.3, -0.25) is 0 Å². The van der Waals surface area contributed by atoms with Crippen molar-refractivity contribution < 1.29 is 4.39 Å². The Bertz CT molecular complexity index is 283. The van der Waals surface area contributed by atoms with Gasteiger partial charge in [0.2, 0.25) is 0 Å². The van der Waals surface area contributed by atoms with Crippen LogP contribution >= 0.6 is 0 Å². The van der Waals surface area contributed by atoms with Crippen molar-refractivity contribution in [3.05, 3.63) is 24.1 Å². The Kier molecular flexibility index (Phi) is 2.17. The lowest BCUT2D eigenvalue weighted by Crippen LogP contribution is -2.05. The van der Waals surface area contributed by atoms with Crippen LogP contribution in [0.25, 0.3) is 0 Å². The summed E-state index contributed by atoms with van der Waals surface area (Å²) in [5.41, 5.74) is 0. The fraction of sp³-hybridized carbons (Fsp3) is 0.500. The zero-order chi connectivity index (χ0) is 9.26. The SMILES string of the molecule is CCC1CC1Nc1ccc(F)cn1. The van der Waals surface area contributed by atoms with E-state index in [0.717, 1.165) is 11.7 Å². The van der Waals surface area contributed by atoms with Gasteiger partial charge in [-0.15, -0.1) is 0 Å². The molecule has 3 heteroatoms. The van der Waals surface area contributed by atoms with Crippen LogP contribution in [-0.4, -0.2) is 11.0 Å². The standard InChI is InChI=1S/C10H13FN2/c1-2-7-5-9(7)13-10-4-3-8(11)6-12-10/h3-4,6-7,9H,2,5H2,1H3,(H,12,13). The average Bonchev–Trinajstić information content (AvgIpc) is 2.88. The second-order valence-electron chi connectivity index (χ2n) is 3.52. The Hall–Kier alpha value is -1.12. The van der Waals surface area contributed by atoms with Gasteiger partial charge in [-0.25, -0.2) is 9.37 Å². The minimum absolute atomic E-state index is 0.284. The van der Waals surface area contributed by atoms with E-state index >= 15 is 0 Å². The normalized spacial score (nSPS) is 25.7. The summed E-state index contributed by atoms with van der Waals surface area (Å²) in [6.07, 6.45) is 3.67. The Labute approximate surface area is 77.2 Å². The molecule has 13 heavy (non-hydrogen) atoms. The highest BCUT2D eigenvalue weighted by Crippen LogP contribution is 2.35. The van der Waals surface area contributed by atoms with Gasteiger partial charge in [0.25, 0.3) is 0 Å². The van der Waals surface area contributed by atoms with Crippen molar-refractivity contribution in [3.63, 3.8) is 0 Å². The van der Waals surface area contributed by atoms with Gasteiger partial charge in [0, 0.05) is 6.04 Å². The predicted octanol–water partition coefficient (Wildman–Crippen LogP) is 2.43. The molecule has 1 heterocycles. The Balaban J connectivity index is 1.92. The first-order valence-corrected chi connectivity index (χ1v) is 4.67. The molecule has 70 valence electrons. The number of hydrogen-bond donors (Lipinski definition) is 1. The summed E-state index contributed by atoms with van der Waals surface area (Å²) >= 11 is 0. The van der Waals surface area contributed by atoms with E-state index in [0.29, 0.717) is 6.04 Å². The fourth-order valence-corrected chi connectivity index (χ4v) is 1.53. The number of rotatable bonds is 3. The molecule has 0 bridgehead atoms. The molecular weight excluding hydrogens is 167 g/mol. The molecule has 0 radical (unpaired) electrons. The van der Waals surface area contributed by atoms with Gasteiger partial charge in [0.1, 0.15) is 11.6 Å². The van der Waals surface area contributed by atoms with Gasteiger partial charge >= 0.3 is 0 Å². The average molecular weight is 180 g/mol. The van der Waals surface area contributed by atoms with Crippen LogP contribution < -0.4 is 5.32 Å². The minimum atomic E-state index is -0.284. The molecule has 0 aliphatic heterocycles. The molecule has 1 aromatic heterocycles. The monoisotopic (exact) mass is 180 g/mol. The molecule has 0 saturated heterocycles. The zero-order valence-electron chi connectivity index (χ0n) is 7.63. The van der Waals surface area contributed by atoms with E-state index in [2.05, 4.69) is 17.2 Å². The van der Waals surface area contributed by atoms with E-state index in [1.54, 1.807) is 6.07 Å². The Morgan fingerprint density at radius 3 is 3.00 bits per heavy atom. The third-order valence-electron chi connectivity index (χ3n) is 2.51. The first-order valence-electron chi connectivity index (χ1n) is 4.67. The Morgan fingerprint density at radius 1 is 1.62 bits per heavy atom. The van der Waals surface area contributed by atoms with Crippen LogP contribution in [0, 0.1) is 11.7 Å². The first kappa shape index (κ1) is 8.48. The number of halogens is 1. The summed E-state index contributed by atoms with van der Waals surface area (Å²) in [5.74, 6) is 1.28. The van der Waals surface area contributed by atoms with Crippen LogP contribution in [-0.2, 0) is 0 Å². The van der Waals surface area contributed by atoms with E-state index in [-0.39, 0.29) is 5.82 Å². The molecule has 2 nitrogen and oxygen atoms in total. The van der Waals surface area contributed by atoms with E-state index in [1.807, 2.05) is 0 Å². The highest BCUT2D eigenvalue weighted by Gasteiger charge is 2.35. The first-order chi connectivity index (χ1) is 6.29. The molecule has 1 fully saturated rings. The van der Waals surface area contributed by atoms with Gasteiger partial charge in [-0.05, 0) is 24.5 Å². The van der Waals surface area contributed by atoms with Crippen molar-refractivity contribution in [2.24, 2.45) is 5.92 Å². The topological polar surface area (TPSA) is 24.9 Å². The molecule has 2 unspecified atom stereocenters. The van der Waals surface area contributed by atoms with Crippen molar-refractivity contribution >= 4 is 5.82 Å². The molecule has 1 N–H and O–H groups in total. The highest BCUT2D eigenvalue weighted by molar-refractivity contribution is 5.37. The van der Waals surface area contributed by atoms with Crippen molar-refractivity contribution in [2.75, 3.05) is 5.32 Å². The molecule has 1 saturated carbocycles. The third kappa shape index (κ3) is 1.97. The van der Waals surface area contributed by atoms with Gasteiger partial charge < -0.3 is 5.32 Å². The summed E-state index contributed by atoms with van der Waals surface area (Å²) < 4.78 is 12.5.